The van der Waals surface area contributed by atoms with Gasteiger partial charge in [-0.3, -0.25) is 4.79 Å². The molecule has 28 heavy (non-hydrogen) atoms. The lowest BCUT2D eigenvalue weighted by Gasteiger charge is -2.35. The first-order valence-corrected chi connectivity index (χ1v) is 9.36. The number of fused-ring (bicyclic) bond motifs is 1. The van der Waals surface area contributed by atoms with Gasteiger partial charge in [-0.05, 0) is 35.6 Å². The van der Waals surface area contributed by atoms with E-state index in [1.54, 1.807) is 11.8 Å². The van der Waals surface area contributed by atoms with Crippen LogP contribution in [0.25, 0.3) is 0 Å². The summed E-state index contributed by atoms with van der Waals surface area (Å²) in [6.07, 6.45) is 2.81. The predicted molar refractivity (Wildman–Crippen MR) is 105 cm³/mol. The SMILES string of the molecule is COc1ccc([C@@H]2C3=C(C[C@@H](c4ccccc4)CC3=O)Nc3ncnn32)cc1. The van der Waals surface area contributed by atoms with Crippen molar-refractivity contribution in [2.75, 3.05) is 12.4 Å². The largest absolute Gasteiger partial charge is 0.497 e. The highest BCUT2D eigenvalue weighted by atomic mass is 16.5. The summed E-state index contributed by atoms with van der Waals surface area (Å²) in [5.74, 6) is 1.78. The summed E-state index contributed by atoms with van der Waals surface area (Å²) in [6.45, 7) is 0. The van der Waals surface area contributed by atoms with Gasteiger partial charge in [-0.15, -0.1) is 0 Å². The van der Waals surface area contributed by atoms with Gasteiger partial charge in [-0.25, -0.2) is 4.68 Å². The number of Topliss-reactive ketones (excluding diaryl/α,β-unsaturated/α-hetero) is 1. The van der Waals surface area contributed by atoms with Crippen molar-refractivity contribution in [1.29, 1.82) is 0 Å². The molecule has 0 saturated heterocycles. The summed E-state index contributed by atoms with van der Waals surface area (Å²) in [7, 11) is 1.64. The van der Waals surface area contributed by atoms with E-state index in [0.29, 0.717) is 12.4 Å². The minimum atomic E-state index is -0.274. The van der Waals surface area contributed by atoms with Crippen LogP contribution in [0, 0.1) is 0 Å². The fraction of sp³-hybridized carbons (Fsp3) is 0.227. The normalized spacial score (nSPS) is 21.0. The molecule has 140 valence electrons. The highest BCUT2D eigenvalue weighted by Crippen LogP contribution is 2.43. The molecular formula is C22H20N4O2. The maximum absolute atomic E-state index is 13.3. The molecule has 0 fully saturated rings. The zero-order chi connectivity index (χ0) is 19.1. The summed E-state index contributed by atoms with van der Waals surface area (Å²) in [5.41, 5.74) is 3.92. The molecule has 2 heterocycles. The number of methoxy groups -OCH3 is 1. The molecule has 1 aromatic heterocycles. The number of aromatic nitrogens is 3. The Morgan fingerprint density at radius 3 is 2.57 bits per heavy atom. The molecule has 1 N–H and O–H groups in total. The number of benzene rings is 2. The van der Waals surface area contributed by atoms with Crippen LogP contribution in [0.4, 0.5) is 5.95 Å². The Kier molecular flexibility index (Phi) is 3.97. The van der Waals surface area contributed by atoms with Crippen LogP contribution < -0.4 is 10.1 Å². The van der Waals surface area contributed by atoms with Crippen LogP contribution in [0.3, 0.4) is 0 Å². The average Bonchev–Trinajstić information content (AvgIpc) is 3.21. The maximum Gasteiger partial charge on any atom is 0.226 e. The Hall–Kier alpha value is -3.41. The summed E-state index contributed by atoms with van der Waals surface area (Å²) < 4.78 is 7.07. The molecule has 0 radical (unpaired) electrons. The molecular weight excluding hydrogens is 352 g/mol. The minimum absolute atomic E-state index is 0.157. The van der Waals surface area contributed by atoms with Gasteiger partial charge in [0.25, 0.3) is 0 Å². The summed E-state index contributed by atoms with van der Waals surface area (Å²) in [5, 5.41) is 7.74. The van der Waals surface area contributed by atoms with E-state index in [-0.39, 0.29) is 17.7 Å². The van der Waals surface area contributed by atoms with E-state index >= 15 is 0 Å². The topological polar surface area (TPSA) is 69.0 Å². The Bertz CT molecular complexity index is 1050. The number of anilines is 1. The van der Waals surface area contributed by atoms with Gasteiger partial charge >= 0.3 is 0 Å². The average molecular weight is 372 g/mol. The molecule has 2 atom stereocenters. The van der Waals surface area contributed by atoms with E-state index in [1.165, 1.54) is 11.9 Å². The summed E-state index contributed by atoms with van der Waals surface area (Å²) in [4.78, 5) is 17.6. The lowest BCUT2D eigenvalue weighted by atomic mass is 9.78. The fourth-order valence-corrected chi connectivity index (χ4v) is 4.21. The molecule has 0 spiro atoms. The molecule has 6 nitrogen and oxygen atoms in total. The van der Waals surface area contributed by atoms with Gasteiger partial charge in [0, 0.05) is 17.7 Å². The monoisotopic (exact) mass is 372 g/mol. The fourth-order valence-electron chi connectivity index (χ4n) is 4.21. The maximum atomic E-state index is 13.3. The Balaban J connectivity index is 1.58. The molecule has 5 rings (SSSR count). The second-order valence-electron chi connectivity index (χ2n) is 7.16. The van der Waals surface area contributed by atoms with E-state index in [4.69, 9.17) is 4.74 Å². The first-order valence-electron chi connectivity index (χ1n) is 9.36. The van der Waals surface area contributed by atoms with E-state index < -0.39 is 0 Å². The smallest absolute Gasteiger partial charge is 0.226 e. The zero-order valence-corrected chi connectivity index (χ0v) is 15.5. The summed E-state index contributed by atoms with van der Waals surface area (Å²) in [6, 6.07) is 17.8. The van der Waals surface area contributed by atoms with Gasteiger partial charge in [-0.2, -0.15) is 10.1 Å². The number of hydrogen-bond acceptors (Lipinski definition) is 5. The molecule has 0 bridgehead atoms. The van der Waals surface area contributed by atoms with Crippen molar-refractivity contribution < 1.29 is 9.53 Å². The van der Waals surface area contributed by atoms with E-state index in [0.717, 1.165) is 29.0 Å². The third-order valence-corrected chi connectivity index (χ3v) is 5.56. The van der Waals surface area contributed by atoms with Crippen molar-refractivity contribution in [3.8, 4) is 5.75 Å². The molecule has 0 saturated carbocycles. The van der Waals surface area contributed by atoms with E-state index in [9.17, 15) is 4.79 Å². The van der Waals surface area contributed by atoms with Gasteiger partial charge in [0.05, 0.1) is 7.11 Å². The quantitative estimate of drug-likeness (QED) is 0.759. The Labute approximate surface area is 162 Å². The highest BCUT2D eigenvalue weighted by molar-refractivity contribution is 6.00. The Morgan fingerprint density at radius 1 is 1.04 bits per heavy atom. The summed E-state index contributed by atoms with van der Waals surface area (Å²) >= 11 is 0. The number of carbonyl (C=O) groups is 1. The van der Waals surface area contributed by atoms with Crippen LogP contribution in [0.5, 0.6) is 5.75 Å². The van der Waals surface area contributed by atoms with Gasteiger partial charge in [0.15, 0.2) is 5.78 Å². The number of allylic oxidation sites excluding steroid dienone is 2. The molecule has 0 unspecified atom stereocenters. The second-order valence-corrected chi connectivity index (χ2v) is 7.16. The lowest BCUT2D eigenvalue weighted by Crippen LogP contribution is -2.33. The van der Waals surface area contributed by atoms with Gasteiger partial charge in [0.2, 0.25) is 5.95 Å². The third-order valence-electron chi connectivity index (χ3n) is 5.56. The molecule has 0 amide bonds. The van der Waals surface area contributed by atoms with Crippen molar-refractivity contribution in [3.05, 3.63) is 83.3 Å². The number of nitrogens with one attached hydrogen (secondary N) is 1. The zero-order valence-electron chi connectivity index (χ0n) is 15.5. The van der Waals surface area contributed by atoms with Gasteiger partial charge in [-0.1, -0.05) is 42.5 Å². The second kappa shape index (κ2) is 6.64. The molecule has 6 heteroatoms. The van der Waals surface area contributed by atoms with Gasteiger partial charge in [0.1, 0.15) is 18.1 Å². The van der Waals surface area contributed by atoms with Crippen molar-refractivity contribution >= 4 is 11.7 Å². The first kappa shape index (κ1) is 16.7. The van der Waals surface area contributed by atoms with Crippen LogP contribution in [0.2, 0.25) is 0 Å². The third kappa shape index (κ3) is 2.69. The Morgan fingerprint density at radius 2 is 1.82 bits per heavy atom. The van der Waals surface area contributed by atoms with Crippen LogP contribution in [0.1, 0.15) is 35.9 Å². The standard InChI is InChI=1S/C22H20N4O2/c1-28-17-9-7-15(8-10-17)21-20-18(25-22-23-13-24-26(21)22)11-16(12-19(20)27)14-5-3-2-4-6-14/h2-10,13,16,21H,11-12H2,1H3,(H,23,24,25)/t16-,21-/m1/s1. The van der Waals surface area contributed by atoms with Crippen molar-refractivity contribution in [1.82, 2.24) is 14.8 Å². The van der Waals surface area contributed by atoms with Crippen molar-refractivity contribution in [3.63, 3.8) is 0 Å². The van der Waals surface area contributed by atoms with Crippen LogP contribution in [0.15, 0.2) is 72.2 Å². The van der Waals surface area contributed by atoms with Crippen molar-refractivity contribution in [2.45, 2.75) is 24.8 Å². The molecule has 3 aromatic rings. The molecule has 1 aliphatic heterocycles. The lowest BCUT2D eigenvalue weighted by molar-refractivity contribution is -0.116. The van der Waals surface area contributed by atoms with Crippen molar-refractivity contribution in [2.24, 2.45) is 0 Å². The number of hydrogen-bond donors (Lipinski definition) is 1. The highest BCUT2D eigenvalue weighted by Gasteiger charge is 2.39. The van der Waals surface area contributed by atoms with Crippen LogP contribution >= 0.6 is 0 Å². The molecule has 2 aliphatic rings. The van der Waals surface area contributed by atoms with Crippen LogP contribution in [-0.4, -0.2) is 27.7 Å². The number of carbonyl (C=O) groups excluding carboxylic acids is 1. The number of nitrogens with zero attached hydrogens (tertiary/aromatic N) is 3. The first-order chi connectivity index (χ1) is 13.7. The minimum Gasteiger partial charge on any atom is -0.497 e. The molecule has 2 aromatic carbocycles. The number of rotatable bonds is 3. The van der Waals surface area contributed by atoms with Gasteiger partial charge < -0.3 is 10.1 Å². The van der Waals surface area contributed by atoms with Crippen LogP contribution in [-0.2, 0) is 4.79 Å². The predicted octanol–water partition coefficient (Wildman–Crippen LogP) is 3.70. The number of ether oxygens (including phenoxy) is 1. The van der Waals surface area contributed by atoms with E-state index in [1.807, 2.05) is 42.5 Å². The number of ketones is 1. The molecule has 1 aliphatic carbocycles. The van der Waals surface area contributed by atoms with E-state index in [2.05, 4.69) is 27.5 Å².